The Morgan fingerprint density at radius 1 is 1.42 bits per heavy atom. The van der Waals surface area contributed by atoms with Crippen LogP contribution in [0.3, 0.4) is 0 Å². The normalized spacial score (nSPS) is 17.3. The van der Waals surface area contributed by atoms with Gasteiger partial charge in [-0.3, -0.25) is 0 Å². The lowest BCUT2D eigenvalue weighted by atomic mass is 10.1. The minimum Gasteiger partial charge on any atom is -0.342 e. The molecule has 0 aliphatic heterocycles. The number of hydrogen-bond donors (Lipinski definition) is 2. The maximum absolute atomic E-state index is 4.46. The molecule has 3 rings (SSSR count). The highest BCUT2D eigenvalue weighted by molar-refractivity contribution is 5.76. The highest BCUT2D eigenvalue weighted by Crippen LogP contribution is 2.24. The molecular formula is C15H22N4. The van der Waals surface area contributed by atoms with Crippen LogP contribution in [0.15, 0.2) is 18.2 Å². The fourth-order valence-corrected chi connectivity index (χ4v) is 2.53. The summed E-state index contributed by atoms with van der Waals surface area (Å²) >= 11 is 0. The summed E-state index contributed by atoms with van der Waals surface area (Å²) in [6.07, 6.45) is 2.66. The van der Waals surface area contributed by atoms with E-state index in [1.54, 1.807) is 0 Å². The van der Waals surface area contributed by atoms with Gasteiger partial charge in [-0.2, -0.15) is 0 Å². The molecule has 1 aromatic heterocycles. The fourth-order valence-electron chi connectivity index (χ4n) is 2.53. The van der Waals surface area contributed by atoms with Crippen LogP contribution in [-0.4, -0.2) is 41.5 Å². The first-order valence-electron chi connectivity index (χ1n) is 6.99. The number of hydrogen-bond acceptors (Lipinski definition) is 3. The quantitative estimate of drug-likeness (QED) is 0.864. The van der Waals surface area contributed by atoms with E-state index >= 15 is 0 Å². The minimum atomic E-state index is 0.411. The Morgan fingerprint density at radius 2 is 2.21 bits per heavy atom. The summed E-state index contributed by atoms with van der Waals surface area (Å²) in [6, 6.07) is 7.70. The van der Waals surface area contributed by atoms with Crippen molar-refractivity contribution in [1.82, 2.24) is 20.2 Å². The molecule has 4 heteroatoms. The lowest BCUT2D eigenvalue weighted by Crippen LogP contribution is -2.32. The first kappa shape index (κ1) is 12.6. The van der Waals surface area contributed by atoms with Crippen molar-refractivity contribution in [2.75, 3.05) is 20.6 Å². The molecule has 1 fully saturated rings. The second-order valence-electron chi connectivity index (χ2n) is 5.76. The Balaban J connectivity index is 1.84. The Hall–Kier alpha value is -1.39. The molecule has 1 aliphatic rings. The van der Waals surface area contributed by atoms with Crippen molar-refractivity contribution in [3.05, 3.63) is 29.6 Å². The first-order valence-corrected chi connectivity index (χ1v) is 6.99. The molecule has 0 saturated heterocycles. The zero-order valence-electron chi connectivity index (χ0n) is 11.9. The van der Waals surface area contributed by atoms with Gasteiger partial charge in [-0.25, -0.2) is 4.98 Å². The van der Waals surface area contributed by atoms with Crippen LogP contribution >= 0.6 is 0 Å². The smallest absolute Gasteiger partial charge is 0.104 e. The third-order valence-corrected chi connectivity index (χ3v) is 3.81. The van der Waals surface area contributed by atoms with Crippen molar-refractivity contribution >= 4 is 11.0 Å². The van der Waals surface area contributed by atoms with Crippen LogP contribution in [0.25, 0.3) is 11.0 Å². The average molecular weight is 258 g/mol. The summed E-state index contributed by atoms with van der Waals surface area (Å²) in [5.41, 5.74) is 3.52. The summed E-state index contributed by atoms with van der Waals surface area (Å²) in [5, 5.41) is 3.62. The number of aryl methyl sites for hydroxylation is 1. The number of rotatable bonds is 5. The molecule has 102 valence electrons. The Labute approximate surface area is 114 Å². The molecule has 1 atom stereocenters. The van der Waals surface area contributed by atoms with Gasteiger partial charge in [-0.15, -0.1) is 0 Å². The second kappa shape index (κ2) is 4.94. The van der Waals surface area contributed by atoms with E-state index in [4.69, 9.17) is 0 Å². The van der Waals surface area contributed by atoms with Crippen molar-refractivity contribution in [2.45, 2.75) is 31.8 Å². The van der Waals surface area contributed by atoms with Gasteiger partial charge in [0.1, 0.15) is 5.82 Å². The Kier molecular flexibility index (Phi) is 3.29. The van der Waals surface area contributed by atoms with E-state index in [0.29, 0.717) is 6.04 Å². The number of benzene rings is 1. The van der Waals surface area contributed by atoms with Crippen LogP contribution in [0.1, 0.15) is 30.3 Å². The number of nitrogens with zero attached hydrogens (tertiary/aromatic N) is 2. The number of fused-ring (bicyclic) bond motifs is 1. The predicted octanol–water partition coefficient (Wildman–Crippen LogP) is 2.23. The molecule has 2 N–H and O–H groups in total. The van der Waals surface area contributed by atoms with Gasteiger partial charge in [0, 0.05) is 18.6 Å². The number of aromatic amines is 1. The molecule has 0 spiro atoms. The van der Waals surface area contributed by atoms with E-state index in [-0.39, 0.29) is 0 Å². The second-order valence-corrected chi connectivity index (χ2v) is 5.76. The monoisotopic (exact) mass is 258 g/mol. The molecule has 1 saturated carbocycles. The lowest BCUT2D eigenvalue weighted by Gasteiger charge is -2.25. The fraction of sp³-hybridized carbons (Fsp3) is 0.533. The average Bonchev–Trinajstić information content (AvgIpc) is 3.09. The van der Waals surface area contributed by atoms with E-state index in [1.165, 1.54) is 18.4 Å². The van der Waals surface area contributed by atoms with E-state index in [1.807, 2.05) is 6.92 Å². The molecule has 0 amide bonds. The van der Waals surface area contributed by atoms with Crippen LogP contribution < -0.4 is 5.32 Å². The van der Waals surface area contributed by atoms with Gasteiger partial charge in [0.15, 0.2) is 0 Å². The van der Waals surface area contributed by atoms with E-state index < -0.39 is 0 Å². The SMILES string of the molecule is Cc1nc2ccc(C(CNC3CC3)N(C)C)cc2[nH]1. The van der Waals surface area contributed by atoms with Gasteiger partial charge in [0.2, 0.25) is 0 Å². The van der Waals surface area contributed by atoms with Crippen LogP contribution in [0.2, 0.25) is 0 Å². The molecule has 1 aromatic carbocycles. The standard InChI is InChI=1S/C15H22N4/c1-10-17-13-7-4-11(8-14(13)18-10)15(19(2)3)9-16-12-5-6-12/h4,7-8,12,15-16H,5-6,9H2,1-3H3,(H,17,18). The zero-order valence-corrected chi connectivity index (χ0v) is 11.9. The van der Waals surface area contributed by atoms with Crippen LogP contribution in [0.5, 0.6) is 0 Å². The van der Waals surface area contributed by atoms with Crippen molar-refractivity contribution in [1.29, 1.82) is 0 Å². The maximum Gasteiger partial charge on any atom is 0.104 e. The number of H-pyrrole nitrogens is 1. The molecule has 19 heavy (non-hydrogen) atoms. The maximum atomic E-state index is 4.46. The van der Waals surface area contributed by atoms with Crippen molar-refractivity contribution in [3.63, 3.8) is 0 Å². The zero-order chi connectivity index (χ0) is 13.4. The molecule has 4 nitrogen and oxygen atoms in total. The van der Waals surface area contributed by atoms with Gasteiger partial charge in [0.25, 0.3) is 0 Å². The van der Waals surface area contributed by atoms with Crippen LogP contribution in [0, 0.1) is 6.92 Å². The summed E-state index contributed by atoms with van der Waals surface area (Å²) in [6.45, 7) is 3.01. The van der Waals surface area contributed by atoms with Gasteiger partial charge in [-0.05, 0) is 51.6 Å². The summed E-state index contributed by atoms with van der Waals surface area (Å²) in [4.78, 5) is 10.1. The van der Waals surface area contributed by atoms with Gasteiger partial charge in [-0.1, -0.05) is 6.07 Å². The highest BCUT2D eigenvalue weighted by Gasteiger charge is 2.23. The Bertz CT molecular complexity index is 569. The van der Waals surface area contributed by atoms with Crippen LogP contribution in [0.4, 0.5) is 0 Å². The molecule has 1 heterocycles. The third kappa shape index (κ3) is 2.80. The highest BCUT2D eigenvalue weighted by atomic mass is 15.1. The predicted molar refractivity (Wildman–Crippen MR) is 78.3 cm³/mol. The minimum absolute atomic E-state index is 0.411. The number of likely N-dealkylation sites (N-methyl/N-ethyl adjacent to an activating group) is 1. The van der Waals surface area contributed by atoms with Crippen molar-refractivity contribution in [2.24, 2.45) is 0 Å². The van der Waals surface area contributed by atoms with Gasteiger partial charge in [0.05, 0.1) is 11.0 Å². The van der Waals surface area contributed by atoms with E-state index in [9.17, 15) is 0 Å². The van der Waals surface area contributed by atoms with Gasteiger partial charge >= 0.3 is 0 Å². The number of aromatic nitrogens is 2. The molecule has 1 aliphatic carbocycles. The number of nitrogens with one attached hydrogen (secondary N) is 2. The topological polar surface area (TPSA) is 44.0 Å². The molecule has 2 aromatic rings. The summed E-state index contributed by atoms with van der Waals surface area (Å²) < 4.78 is 0. The van der Waals surface area contributed by atoms with Crippen molar-refractivity contribution in [3.8, 4) is 0 Å². The summed E-state index contributed by atoms with van der Waals surface area (Å²) in [7, 11) is 4.28. The van der Waals surface area contributed by atoms with Gasteiger partial charge < -0.3 is 15.2 Å². The first-order chi connectivity index (χ1) is 9.13. The van der Waals surface area contributed by atoms with Crippen LogP contribution in [-0.2, 0) is 0 Å². The largest absolute Gasteiger partial charge is 0.342 e. The lowest BCUT2D eigenvalue weighted by molar-refractivity contribution is 0.288. The molecular weight excluding hydrogens is 236 g/mol. The van der Waals surface area contributed by atoms with E-state index in [2.05, 4.69) is 52.5 Å². The van der Waals surface area contributed by atoms with E-state index in [0.717, 1.165) is 29.4 Å². The third-order valence-electron chi connectivity index (χ3n) is 3.81. The Morgan fingerprint density at radius 3 is 2.89 bits per heavy atom. The molecule has 0 radical (unpaired) electrons. The number of imidazole rings is 1. The summed E-state index contributed by atoms with van der Waals surface area (Å²) in [5.74, 6) is 0.977. The molecule has 1 unspecified atom stereocenters. The molecule has 0 bridgehead atoms. The van der Waals surface area contributed by atoms with Crippen molar-refractivity contribution < 1.29 is 0 Å².